The van der Waals surface area contributed by atoms with Gasteiger partial charge in [-0.2, -0.15) is 0 Å². The van der Waals surface area contributed by atoms with Gasteiger partial charge < -0.3 is 19.8 Å². The van der Waals surface area contributed by atoms with Crippen LogP contribution in [-0.4, -0.2) is 30.1 Å². The van der Waals surface area contributed by atoms with Gasteiger partial charge in [0.2, 0.25) is 0 Å². The standard InChI is InChI=1S/C17H17N3O3/c1-22-10-16-19-14-7-6-12(9-15(14)20-16)18-17(21)11-4-3-5-13(8-11)23-2/h3-9H,10H2,1-2H3,(H,18,21)(H,19,20). The highest BCUT2D eigenvalue weighted by molar-refractivity contribution is 6.05. The van der Waals surface area contributed by atoms with E-state index in [1.807, 2.05) is 18.2 Å². The number of methoxy groups -OCH3 is 2. The number of aromatic amines is 1. The van der Waals surface area contributed by atoms with E-state index in [1.165, 1.54) is 0 Å². The number of nitrogens with one attached hydrogen (secondary N) is 2. The molecule has 1 aromatic heterocycles. The zero-order chi connectivity index (χ0) is 16.2. The van der Waals surface area contributed by atoms with Crippen molar-refractivity contribution in [2.75, 3.05) is 19.5 Å². The molecule has 0 radical (unpaired) electrons. The summed E-state index contributed by atoms with van der Waals surface area (Å²) in [6, 6.07) is 12.5. The van der Waals surface area contributed by atoms with Crippen molar-refractivity contribution in [3.8, 4) is 5.75 Å². The summed E-state index contributed by atoms with van der Waals surface area (Å²) in [6.45, 7) is 0.417. The zero-order valence-corrected chi connectivity index (χ0v) is 12.9. The summed E-state index contributed by atoms with van der Waals surface area (Å²) < 4.78 is 10.2. The van der Waals surface area contributed by atoms with Crippen LogP contribution in [0.2, 0.25) is 0 Å². The van der Waals surface area contributed by atoms with Gasteiger partial charge in [0.15, 0.2) is 0 Å². The summed E-state index contributed by atoms with van der Waals surface area (Å²) in [5.41, 5.74) is 2.91. The first-order valence-corrected chi connectivity index (χ1v) is 7.12. The Morgan fingerprint density at radius 3 is 2.87 bits per heavy atom. The maximum absolute atomic E-state index is 12.3. The van der Waals surface area contributed by atoms with Gasteiger partial charge in [-0.1, -0.05) is 6.07 Å². The monoisotopic (exact) mass is 311 g/mol. The van der Waals surface area contributed by atoms with E-state index in [1.54, 1.807) is 38.5 Å². The van der Waals surface area contributed by atoms with Crippen LogP contribution in [0.15, 0.2) is 42.5 Å². The summed E-state index contributed by atoms with van der Waals surface area (Å²) in [5, 5.41) is 2.87. The largest absolute Gasteiger partial charge is 0.497 e. The smallest absolute Gasteiger partial charge is 0.255 e. The molecule has 0 aliphatic carbocycles. The fraction of sp³-hybridized carbons (Fsp3) is 0.176. The number of rotatable bonds is 5. The SMILES string of the molecule is COCc1nc2ccc(NC(=O)c3cccc(OC)c3)cc2[nH]1. The van der Waals surface area contributed by atoms with Crippen LogP contribution in [0.25, 0.3) is 11.0 Å². The average Bonchev–Trinajstić information content (AvgIpc) is 2.97. The van der Waals surface area contributed by atoms with Crippen molar-refractivity contribution in [1.29, 1.82) is 0 Å². The van der Waals surface area contributed by atoms with Gasteiger partial charge in [-0.15, -0.1) is 0 Å². The third-order valence-corrected chi connectivity index (χ3v) is 3.40. The summed E-state index contributed by atoms with van der Waals surface area (Å²) in [6.07, 6.45) is 0. The number of carbonyl (C=O) groups is 1. The van der Waals surface area contributed by atoms with Gasteiger partial charge in [0.05, 0.1) is 18.1 Å². The number of benzene rings is 2. The molecule has 0 spiro atoms. The lowest BCUT2D eigenvalue weighted by Crippen LogP contribution is -2.11. The Bertz CT molecular complexity index is 842. The molecule has 3 rings (SSSR count). The molecule has 0 bridgehead atoms. The molecule has 0 atom stereocenters. The van der Waals surface area contributed by atoms with E-state index in [9.17, 15) is 4.79 Å². The quantitative estimate of drug-likeness (QED) is 0.759. The molecule has 23 heavy (non-hydrogen) atoms. The fourth-order valence-electron chi connectivity index (χ4n) is 2.31. The Morgan fingerprint density at radius 2 is 2.09 bits per heavy atom. The molecule has 1 heterocycles. The molecule has 118 valence electrons. The summed E-state index contributed by atoms with van der Waals surface area (Å²) in [4.78, 5) is 19.9. The van der Waals surface area contributed by atoms with Gasteiger partial charge >= 0.3 is 0 Å². The van der Waals surface area contributed by atoms with Crippen molar-refractivity contribution in [1.82, 2.24) is 9.97 Å². The second-order valence-corrected chi connectivity index (χ2v) is 5.03. The lowest BCUT2D eigenvalue weighted by Gasteiger charge is -2.06. The normalized spacial score (nSPS) is 10.7. The minimum Gasteiger partial charge on any atom is -0.497 e. The molecule has 6 nitrogen and oxygen atoms in total. The van der Waals surface area contributed by atoms with E-state index in [-0.39, 0.29) is 5.91 Å². The second kappa shape index (κ2) is 6.50. The Kier molecular flexibility index (Phi) is 4.25. The van der Waals surface area contributed by atoms with Gasteiger partial charge in [-0.05, 0) is 36.4 Å². The van der Waals surface area contributed by atoms with E-state index in [4.69, 9.17) is 9.47 Å². The lowest BCUT2D eigenvalue weighted by atomic mass is 10.2. The molecule has 0 saturated heterocycles. The Morgan fingerprint density at radius 1 is 1.22 bits per heavy atom. The third kappa shape index (κ3) is 3.32. The van der Waals surface area contributed by atoms with Crippen molar-refractivity contribution in [3.63, 3.8) is 0 Å². The Labute approximate surface area is 133 Å². The van der Waals surface area contributed by atoms with Gasteiger partial charge in [-0.3, -0.25) is 4.79 Å². The number of amides is 1. The van der Waals surface area contributed by atoms with Gasteiger partial charge in [0, 0.05) is 18.4 Å². The molecule has 0 aliphatic rings. The zero-order valence-electron chi connectivity index (χ0n) is 12.9. The molecule has 0 fully saturated rings. The molecule has 2 aromatic carbocycles. The maximum Gasteiger partial charge on any atom is 0.255 e. The Hall–Kier alpha value is -2.86. The molecule has 6 heteroatoms. The van der Waals surface area contributed by atoms with Crippen LogP contribution < -0.4 is 10.1 Å². The first kappa shape index (κ1) is 15.1. The topological polar surface area (TPSA) is 76.2 Å². The molecule has 0 unspecified atom stereocenters. The summed E-state index contributed by atoms with van der Waals surface area (Å²) >= 11 is 0. The number of ether oxygens (including phenoxy) is 2. The van der Waals surface area contributed by atoms with Crippen LogP contribution in [0.3, 0.4) is 0 Å². The highest BCUT2D eigenvalue weighted by Gasteiger charge is 2.09. The summed E-state index contributed by atoms with van der Waals surface area (Å²) in [5.74, 6) is 1.20. The van der Waals surface area contributed by atoms with Crippen LogP contribution in [-0.2, 0) is 11.3 Å². The minimum atomic E-state index is -0.195. The average molecular weight is 311 g/mol. The van der Waals surface area contributed by atoms with Crippen molar-refractivity contribution in [2.24, 2.45) is 0 Å². The molecule has 2 N–H and O–H groups in total. The van der Waals surface area contributed by atoms with Crippen molar-refractivity contribution >= 4 is 22.6 Å². The first-order chi connectivity index (χ1) is 11.2. The van der Waals surface area contributed by atoms with E-state index >= 15 is 0 Å². The number of nitrogens with zero attached hydrogens (tertiary/aromatic N) is 1. The van der Waals surface area contributed by atoms with Crippen molar-refractivity contribution in [2.45, 2.75) is 6.61 Å². The van der Waals surface area contributed by atoms with Crippen LogP contribution in [0.1, 0.15) is 16.2 Å². The molecule has 0 aliphatic heterocycles. The minimum absolute atomic E-state index is 0.195. The van der Waals surface area contributed by atoms with Crippen LogP contribution >= 0.6 is 0 Å². The predicted molar refractivity (Wildman–Crippen MR) is 87.8 cm³/mol. The second-order valence-electron chi connectivity index (χ2n) is 5.03. The number of anilines is 1. The number of fused-ring (bicyclic) bond motifs is 1. The number of hydrogen-bond donors (Lipinski definition) is 2. The van der Waals surface area contributed by atoms with Gasteiger partial charge in [-0.25, -0.2) is 4.98 Å². The Balaban J connectivity index is 1.81. The number of carbonyl (C=O) groups excluding carboxylic acids is 1. The molecule has 0 saturated carbocycles. The van der Waals surface area contributed by atoms with Crippen LogP contribution in [0, 0.1) is 0 Å². The third-order valence-electron chi connectivity index (χ3n) is 3.40. The highest BCUT2D eigenvalue weighted by Crippen LogP contribution is 2.19. The number of imidazole rings is 1. The predicted octanol–water partition coefficient (Wildman–Crippen LogP) is 2.97. The fourth-order valence-corrected chi connectivity index (χ4v) is 2.31. The number of hydrogen-bond acceptors (Lipinski definition) is 4. The number of aromatic nitrogens is 2. The van der Waals surface area contributed by atoms with E-state index < -0.39 is 0 Å². The summed E-state index contributed by atoms with van der Waals surface area (Å²) in [7, 11) is 3.19. The van der Waals surface area contributed by atoms with Gasteiger partial charge in [0.25, 0.3) is 5.91 Å². The van der Waals surface area contributed by atoms with Crippen molar-refractivity contribution < 1.29 is 14.3 Å². The molecule has 1 amide bonds. The highest BCUT2D eigenvalue weighted by atomic mass is 16.5. The molecular weight excluding hydrogens is 294 g/mol. The first-order valence-electron chi connectivity index (χ1n) is 7.12. The van der Waals surface area contributed by atoms with E-state index in [0.29, 0.717) is 23.6 Å². The van der Waals surface area contributed by atoms with E-state index in [0.717, 1.165) is 16.9 Å². The lowest BCUT2D eigenvalue weighted by molar-refractivity contribution is 0.102. The number of H-pyrrole nitrogens is 1. The van der Waals surface area contributed by atoms with Crippen LogP contribution in [0.4, 0.5) is 5.69 Å². The van der Waals surface area contributed by atoms with Crippen LogP contribution in [0.5, 0.6) is 5.75 Å². The van der Waals surface area contributed by atoms with Crippen molar-refractivity contribution in [3.05, 3.63) is 53.9 Å². The van der Waals surface area contributed by atoms with Gasteiger partial charge in [0.1, 0.15) is 18.2 Å². The molecule has 3 aromatic rings. The van der Waals surface area contributed by atoms with E-state index in [2.05, 4.69) is 15.3 Å². The molecular formula is C17H17N3O3. The maximum atomic E-state index is 12.3.